The van der Waals surface area contributed by atoms with Crippen molar-refractivity contribution in [1.82, 2.24) is 5.32 Å². The van der Waals surface area contributed by atoms with E-state index >= 15 is 0 Å². The quantitative estimate of drug-likeness (QED) is 0.573. The third-order valence-electron chi connectivity index (χ3n) is 2.17. The summed E-state index contributed by atoms with van der Waals surface area (Å²) in [4.78, 5) is 0. The summed E-state index contributed by atoms with van der Waals surface area (Å²) in [7, 11) is 0. The van der Waals surface area contributed by atoms with Crippen molar-refractivity contribution >= 4 is 0 Å². The second-order valence-corrected chi connectivity index (χ2v) is 3.06. The predicted octanol–water partition coefficient (Wildman–Crippen LogP) is 0.899. The highest BCUT2D eigenvalue weighted by molar-refractivity contribution is 4.85. The molecule has 2 heteroatoms. The second-order valence-electron chi connectivity index (χ2n) is 3.06. The van der Waals surface area contributed by atoms with Crippen molar-refractivity contribution in [2.24, 2.45) is 0 Å². The number of hydrogen-bond acceptors (Lipinski definition) is 2. The van der Waals surface area contributed by atoms with Crippen LogP contribution in [0.1, 0.15) is 32.6 Å². The van der Waals surface area contributed by atoms with Crippen LogP contribution >= 0.6 is 0 Å². The Morgan fingerprint density at radius 1 is 1.50 bits per heavy atom. The Bertz CT molecular complexity index is 95.3. The minimum Gasteiger partial charge on any atom is -0.392 e. The average molecular weight is 143 g/mol. The van der Waals surface area contributed by atoms with Gasteiger partial charge in [-0.25, -0.2) is 0 Å². The van der Waals surface area contributed by atoms with Crippen LogP contribution in [0, 0.1) is 0 Å². The van der Waals surface area contributed by atoms with Gasteiger partial charge >= 0.3 is 0 Å². The monoisotopic (exact) mass is 143 g/mol. The third-order valence-corrected chi connectivity index (χ3v) is 2.17. The van der Waals surface area contributed by atoms with E-state index in [1.54, 1.807) is 0 Å². The van der Waals surface area contributed by atoms with E-state index in [0.29, 0.717) is 6.04 Å². The lowest BCUT2D eigenvalue weighted by molar-refractivity contribution is 0.0502. The molecule has 0 bridgehead atoms. The Morgan fingerprint density at radius 3 is 2.70 bits per heavy atom. The van der Waals surface area contributed by atoms with Crippen molar-refractivity contribution in [2.45, 2.75) is 44.8 Å². The predicted molar refractivity (Wildman–Crippen MR) is 41.9 cm³/mol. The van der Waals surface area contributed by atoms with Gasteiger partial charge in [-0.05, 0) is 25.8 Å². The van der Waals surface area contributed by atoms with Gasteiger partial charge in [-0.1, -0.05) is 13.3 Å². The van der Waals surface area contributed by atoms with Crippen LogP contribution in [0.25, 0.3) is 0 Å². The Hall–Kier alpha value is -0.0800. The van der Waals surface area contributed by atoms with Crippen molar-refractivity contribution < 1.29 is 5.11 Å². The van der Waals surface area contributed by atoms with Gasteiger partial charge in [0.15, 0.2) is 0 Å². The first-order valence-electron chi connectivity index (χ1n) is 4.26. The van der Waals surface area contributed by atoms with E-state index in [1.807, 2.05) is 0 Å². The van der Waals surface area contributed by atoms with Crippen molar-refractivity contribution in [3.63, 3.8) is 0 Å². The molecule has 0 amide bonds. The lowest BCUT2D eigenvalue weighted by Crippen LogP contribution is -2.48. The largest absolute Gasteiger partial charge is 0.392 e. The lowest BCUT2D eigenvalue weighted by Gasteiger charge is -2.33. The Kier molecular flexibility index (Phi) is 3.16. The molecule has 60 valence electrons. The fraction of sp³-hybridized carbons (Fsp3) is 1.00. The standard InChI is InChI=1S/C8H17NO/c1-2-3-6-9-7-4-5-8(7)10/h7-10H,2-6H2,1H3/t7-,8-/m1/s1. The van der Waals surface area contributed by atoms with E-state index in [9.17, 15) is 0 Å². The zero-order valence-electron chi connectivity index (χ0n) is 6.64. The van der Waals surface area contributed by atoms with Crippen LogP contribution in [0.3, 0.4) is 0 Å². The fourth-order valence-electron chi connectivity index (χ4n) is 1.18. The molecule has 1 saturated carbocycles. The first kappa shape index (κ1) is 8.02. The van der Waals surface area contributed by atoms with Crippen LogP contribution in [0.15, 0.2) is 0 Å². The molecule has 0 aromatic rings. The van der Waals surface area contributed by atoms with Gasteiger partial charge in [0.05, 0.1) is 6.10 Å². The summed E-state index contributed by atoms with van der Waals surface area (Å²) in [6, 6.07) is 0.409. The maximum Gasteiger partial charge on any atom is 0.0693 e. The van der Waals surface area contributed by atoms with E-state index in [2.05, 4.69) is 12.2 Å². The first-order chi connectivity index (χ1) is 4.84. The zero-order chi connectivity index (χ0) is 7.40. The van der Waals surface area contributed by atoms with Crippen LogP contribution in [-0.2, 0) is 0 Å². The summed E-state index contributed by atoms with van der Waals surface area (Å²) in [5.74, 6) is 0. The molecule has 1 aliphatic rings. The molecule has 0 saturated heterocycles. The summed E-state index contributed by atoms with van der Waals surface area (Å²) in [6.45, 7) is 3.25. The van der Waals surface area contributed by atoms with Crippen molar-refractivity contribution in [3.8, 4) is 0 Å². The lowest BCUT2D eigenvalue weighted by atomic mass is 9.89. The van der Waals surface area contributed by atoms with Crippen LogP contribution in [-0.4, -0.2) is 23.8 Å². The topological polar surface area (TPSA) is 32.3 Å². The fourth-order valence-corrected chi connectivity index (χ4v) is 1.18. The molecule has 10 heavy (non-hydrogen) atoms. The van der Waals surface area contributed by atoms with Gasteiger partial charge in [0.2, 0.25) is 0 Å². The number of nitrogens with one attached hydrogen (secondary N) is 1. The number of unbranched alkanes of at least 4 members (excludes halogenated alkanes) is 1. The van der Waals surface area contributed by atoms with E-state index in [-0.39, 0.29) is 6.10 Å². The second kappa shape index (κ2) is 3.94. The van der Waals surface area contributed by atoms with Gasteiger partial charge in [0.25, 0.3) is 0 Å². The van der Waals surface area contributed by atoms with Crippen LogP contribution in [0.5, 0.6) is 0 Å². The summed E-state index contributed by atoms with van der Waals surface area (Å²) < 4.78 is 0. The average Bonchev–Trinajstić information content (AvgIpc) is 1.95. The van der Waals surface area contributed by atoms with Gasteiger partial charge < -0.3 is 10.4 Å². The molecule has 1 aliphatic carbocycles. The molecule has 2 N–H and O–H groups in total. The molecular weight excluding hydrogens is 126 g/mol. The molecule has 0 aliphatic heterocycles. The van der Waals surface area contributed by atoms with E-state index < -0.39 is 0 Å². The summed E-state index contributed by atoms with van der Waals surface area (Å²) in [5.41, 5.74) is 0. The number of hydrogen-bond donors (Lipinski definition) is 2. The number of aliphatic hydroxyl groups is 1. The molecule has 0 aromatic carbocycles. The number of rotatable bonds is 4. The van der Waals surface area contributed by atoms with E-state index in [1.165, 1.54) is 12.8 Å². The molecule has 0 aromatic heterocycles. The van der Waals surface area contributed by atoms with Gasteiger partial charge in [0, 0.05) is 6.04 Å². The molecule has 0 unspecified atom stereocenters. The maximum atomic E-state index is 9.14. The summed E-state index contributed by atoms with van der Waals surface area (Å²) in [6.07, 6.45) is 4.55. The van der Waals surface area contributed by atoms with Crippen molar-refractivity contribution in [3.05, 3.63) is 0 Å². The highest BCUT2D eigenvalue weighted by Gasteiger charge is 2.27. The van der Waals surface area contributed by atoms with Gasteiger partial charge in [-0.15, -0.1) is 0 Å². The Labute approximate surface area is 62.6 Å². The third kappa shape index (κ3) is 1.96. The van der Waals surface area contributed by atoms with Gasteiger partial charge in [-0.2, -0.15) is 0 Å². The van der Waals surface area contributed by atoms with Crippen molar-refractivity contribution in [1.29, 1.82) is 0 Å². The summed E-state index contributed by atoms with van der Waals surface area (Å²) in [5, 5.41) is 12.5. The molecule has 1 rings (SSSR count). The normalized spacial score (nSPS) is 31.8. The van der Waals surface area contributed by atoms with Crippen LogP contribution < -0.4 is 5.32 Å². The Balaban J connectivity index is 1.92. The molecule has 2 nitrogen and oxygen atoms in total. The van der Waals surface area contributed by atoms with Gasteiger partial charge in [-0.3, -0.25) is 0 Å². The number of aliphatic hydroxyl groups excluding tert-OH is 1. The molecule has 0 radical (unpaired) electrons. The molecule has 1 fully saturated rings. The molecule has 0 heterocycles. The first-order valence-corrected chi connectivity index (χ1v) is 4.26. The molecule has 0 spiro atoms. The molecule has 2 atom stereocenters. The Morgan fingerprint density at radius 2 is 2.30 bits per heavy atom. The minimum atomic E-state index is -0.0585. The zero-order valence-corrected chi connectivity index (χ0v) is 6.64. The van der Waals surface area contributed by atoms with Crippen molar-refractivity contribution in [2.75, 3.05) is 6.54 Å². The van der Waals surface area contributed by atoms with Crippen LogP contribution in [0.2, 0.25) is 0 Å². The smallest absolute Gasteiger partial charge is 0.0693 e. The van der Waals surface area contributed by atoms with Crippen LogP contribution in [0.4, 0.5) is 0 Å². The SMILES string of the molecule is CCCCN[C@@H]1CC[C@H]1O. The van der Waals surface area contributed by atoms with E-state index in [0.717, 1.165) is 19.4 Å². The van der Waals surface area contributed by atoms with E-state index in [4.69, 9.17) is 5.11 Å². The highest BCUT2D eigenvalue weighted by atomic mass is 16.3. The minimum absolute atomic E-state index is 0.0585. The summed E-state index contributed by atoms with van der Waals surface area (Å²) >= 11 is 0. The molecular formula is C8H17NO. The van der Waals surface area contributed by atoms with Gasteiger partial charge in [0.1, 0.15) is 0 Å². The maximum absolute atomic E-state index is 9.14. The highest BCUT2D eigenvalue weighted by Crippen LogP contribution is 2.18.